The fourth-order valence-corrected chi connectivity index (χ4v) is 4.58. The van der Waals surface area contributed by atoms with Gasteiger partial charge in [-0.1, -0.05) is 12.1 Å². The molecule has 0 saturated heterocycles. The SMILES string of the molecule is Cc1nc2c(ccn2Cc2ccc(F)c(F)c2)c(-c2ccc3c(c2)CCCO3)c1C(O)C(=O)O. The largest absolute Gasteiger partial charge is 0.493 e. The topological polar surface area (TPSA) is 84.6 Å². The number of rotatable bonds is 5. The summed E-state index contributed by atoms with van der Waals surface area (Å²) in [6.45, 7) is 2.55. The number of benzene rings is 2. The first-order chi connectivity index (χ1) is 16.3. The van der Waals surface area contributed by atoms with Crippen LogP contribution in [0.4, 0.5) is 8.78 Å². The molecule has 8 heteroatoms. The lowest BCUT2D eigenvalue weighted by Crippen LogP contribution is -2.15. The lowest BCUT2D eigenvalue weighted by Gasteiger charge is -2.21. The lowest BCUT2D eigenvalue weighted by molar-refractivity contribution is -0.146. The van der Waals surface area contributed by atoms with Crippen molar-refractivity contribution >= 4 is 17.0 Å². The van der Waals surface area contributed by atoms with Crippen LogP contribution in [-0.2, 0) is 17.8 Å². The summed E-state index contributed by atoms with van der Waals surface area (Å²) in [6, 6.07) is 11.2. The number of hydrogen-bond donors (Lipinski definition) is 2. The highest BCUT2D eigenvalue weighted by molar-refractivity contribution is 5.98. The number of carboxylic acid groups (broad SMARTS) is 1. The van der Waals surface area contributed by atoms with Gasteiger partial charge in [0.05, 0.1) is 6.61 Å². The molecule has 1 aliphatic rings. The first-order valence-corrected chi connectivity index (χ1v) is 10.9. The number of aliphatic hydroxyl groups excluding tert-OH is 1. The van der Waals surface area contributed by atoms with Gasteiger partial charge in [0, 0.05) is 34.9 Å². The first kappa shape index (κ1) is 22.0. The predicted octanol–water partition coefficient (Wildman–Crippen LogP) is 4.78. The van der Waals surface area contributed by atoms with Crippen molar-refractivity contribution < 1.29 is 28.5 Å². The Bertz CT molecular complexity index is 1430. The number of pyridine rings is 1. The molecule has 34 heavy (non-hydrogen) atoms. The second-order valence-corrected chi connectivity index (χ2v) is 8.43. The Morgan fingerprint density at radius 3 is 2.76 bits per heavy atom. The zero-order valence-corrected chi connectivity index (χ0v) is 18.4. The van der Waals surface area contributed by atoms with Crippen LogP contribution in [0.15, 0.2) is 48.7 Å². The summed E-state index contributed by atoms with van der Waals surface area (Å²) in [7, 11) is 0. The maximum absolute atomic E-state index is 13.7. The molecule has 0 fully saturated rings. The van der Waals surface area contributed by atoms with Gasteiger partial charge in [-0.25, -0.2) is 18.6 Å². The normalized spacial score (nSPS) is 14.0. The van der Waals surface area contributed by atoms with Gasteiger partial charge in [-0.2, -0.15) is 0 Å². The van der Waals surface area contributed by atoms with Crippen molar-refractivity contribution in [3.63, 3.8) is 0 Å². The van der Waals surface area contributed by atoms with Gasteiger partial charge in [0.1, 0.15) is 11.4 Å². The number of carboxylic acids is 1. The van der Waals surface area contributed by atoms with Crippen LogP contribution in [0.3, 0.4) is 0 Å². The number of aliphatic carboxylic acids is 1. The van der Waals surface area contributed by atoms with Gasteiger partial charge in [-0.15, -0.1) is 0 Å². The molecule has 2 N–H and O–H groups in total. The standard InChI is InChI=1S/C26H22F2N2O4/c1-14-22(24(31)26(32)33)23(17-5-7-21-16(12-17)3-2-10-34-21)18-8-9-30(25(18)29-14)13-15-4-6-19(27)20(28)11-15/h4-9,11-12,24,31H,2-3,10,13H2,1H3,(H,32,33). The molecular formula is C26H22F2N2O4. The van der Waals surface area contributed by atoms with E-state index in [4.69, 9.17) is 4.74 Å². The van der Waals surface area contributed by atoms with E-state index in [1.165, 1.54) is 6.07 Å². The van der Waals surface area contributed by atoms with Gasteiger partial charge in [-0.3, -0.25) is 0 Å². The van der Waals surface area contributed by atoms with Crippen molar-refractivity contribution in [3.8, 4) is 16.9 Å². The molecule has 6 nitrogen and oxygen atoms in total. The van der Waals surface area contributed by atoms with E-state index in [1.807, 2.05) is 18.2 Å². The Morgan fingerprint density at radius 2 is 2.00 bits per heavy atom. The molecule has 0 aliphatic carbocycles. The number of nitrogens with zero attached hydrogens (tertiary/aromatic N) is 2. The predicted molar refractivity (Wildman–Crippen MR) is 122 cm³/mol. The van der Waals surface area contributed by atoms with Crippen molar-refractivity contribution in [1.82, 2.24) is 9.55 Å². The number of ether oxygens (including phenoxy) is 1. The molecule has 0 saturated carbocycles. The summed E-state index contributed by atoms with van der Waals surface area (Å²) >= 11 is 0. The molecule has 3 heterocycles. The zero-order valence-electron chi connectivity index (χ0n) is 18.4. The average Bonchev–Trinajstić information content (AvgIpc) is 3.21. The molecule has 0 spiro atoms. The van der Waals surface area contributed by atoms with Crippen LogP contribution in [0.25, 0.3) is 22.2 Å². The third-order valence-corrected chi connectivity index (χ3v) is 6.18. The molecule has 4 aromatic rings. The summed E-state index contributed by atoms with van der Waals surface area (Å²) in [5.41, 5.74) is 4.04. The molecule has 1 atom stereocenters. The summed E-state index contributed by atoms with van der Waals surface area (Å²) in [5, 5.41) is 20.8. The lowest BCUT2D eigenvalue weighted by atomic mass is 9.91. The third kappa shape index (κ3) is 3.80. The number of fused-ring (bicyclic) bond motifs is 2. The van der Waals surface area contributed by atoms with Crippen LogP contribution in [0.1, 0.15) is 34.9 Å². The average molecular weight is 464 g/mol. The number of aliphatic hydroxyl groups is 1. The van der Waals surface area contributed by atoms with Gasteiger partial charge < -0.3 is 19.5 Å². The number of aryl methyl sites for hydroxylation is 2. The van der Waals surface area contributed by atoms with Gasteiger partial charge in [0.25, 0.3) is 0 Å². The van der Waals surface area contributed by atoms with Crippen LogP contribution in [0.2, 0.25) is 0 Å². The molecule has 0 radical (unpaired) electrons. The number of hydrogen-bond acceptors (Lipinski definition) is 4. The molecule has 0 bridgehead atoms. The van der Waals surface area contributed by atoms with E-state index in [-0.39, 0.29) is 12.1 Å². The molecule has 1 aliphatic heterocycles. The molecule has 1 unspecified atom stereocenters. The highest BCUT2D eigenvalue weighted by Crippen LogP contribution is 2.39. The van der Waals surface area contributed by atoms with E-state index in [1.54, 1.807) is 23.8 Å². The van der Waals surface area contributed by atoms with Crippen LogP contribution in [0.5, 0.6) is 5.75 Å². The summed E-state index contributed by atoms with van der Waals surface area (Å²) < 4.78 is 34.6. The minimum atomic E-state index is -1.76. The smallest absolute Gasteiger partial charge is 0.337 e. The van der Waals surface area contributed by atoms with Crippen LogP contribution >= 0.6 is 0 Å². The number of carbonyl (C=O) groups is 1. The zero-order chi connectivity index (χ0) is 24.0. The second-order valence-electron chi connectivity index (χ2n) is 8.43. The maximum Gasteiger partial charge on any atom is 0.337 e. The molecule has 5 rings (SSSR count). The van der Waals surface area contributed by atoms with Crippen LogP contribution in [0, 0.1) is 18.6 Å². The fourth-order valence-electron chi connectivity index (χ4n) is 4.58. The highest BCUT2D eigenvalue weighted by atomic mass is 19.2. The van der Waals surface area contributed by atoms with Gasteiger partial charge in [0.2, 0.25) is 0 Å². The Balaban J connectivity index is 1.70. The molecule has 0 amide bonds. The Hall–Kier alpha value is -3.78. The third-order valence-electron chi connectivity index (χ3n) is 6.18. The van der Waals surface area contributed by atoms with Crippen molar-refractivity contribution in [1.29, 1.82) is 0 Å². The summed E-state index contributed by atoms with van der Waals surface area (Å²) in [5.74, 6) is -2.41. The first-order valence-electron chi connectivity index (χ1n) is 10.9. The monoisotopic (exact) mass is 464 g/mol. The molecular weight excluding hydrogens is 442 g/mol. The van der Waals surface area contributed by atoms with E-state index in [0.717, 1.165) is 41.9 Å². The minimum absolute atomic E-state index is 0.224. The van der Waals surface area contributed by atoms with E-state index in [0.29, 0.717) is 34.5 Å². The summed E-state index contributed by atoms with van der Waals surface area (Å²) in [4.78, 5) is 16.3. The molecule has 2 aromatic heterocycles. The van der Waals surface area contributed by atoms with Crippen LogP contribution in [-0.4, -0.2) is 32.3 Å². The van der Waals surface area contributed by atoms with Crippen LogP contribution < -0.4 is 4.74 Å². The van der Waals surface area contributed by atoms with E-state index in [2.05, 4.69) is 4.98 Å². The highest BCUT2D eigenvalue weighted by Gasteiger charge is 2.27. The maximum atomic E-state index is 13.7. The Morgan fingerprint density at radius 1 is 1.18 bits per heavy atom. The van der Waals surface area contributed by atoms with E-state index < -0.39 is 23.7 Å². The Labute approximate surface area is 194 Å². The van der Waals surface area contributed by atoms with Gasteiger partial charge in [-0.05, 0) is 66.8 Å². The summed E-state index contributed by atoms with van der Waals surface area (Å²) in [6.07, 6.45) is 1.73. The van der Waals surface area contributed by atoms with Crippen molar-refractivity contribution in [3.05, 3.63) is 82.7 Å². The molecule has 174 valence electrons. The Kier molecular flexibility index (Phi) is 5.53. The van der Waals surface area contributed by atoms with Crippen molar-refractivity contribution in [2.45, 2.75) is 32.4 Å². The van der Waals surface area contributed by atoms with Crippen molar-refractivity contribution in [2.24, 2.45) is 0 Å². The quantitative estimate of drug-likeness (QED) is 0.444. The van der Waals surface area contributed by atoms with E-state index in [9.17, 15) is 23.8 Å². The number of aromatic nitrogens is 2. The fraction of sp³-hybridized carbons (Fsp3) is 0.231. The number of halogens is 2. The molecule has 2 aromatic carbocycles. The van der Waals surface area contributed by atoms with Gasteiger partial charge in [0.15, 0.2) is 17.7 Å². The van der Waals surface area contributed by atoms with Crippen molar-refractivity contribution in [2.75, 3.05) is 6.61 Å². The van der Waals surface area contributed by atoms with E-state index >= 15 is 0 Å². The minimum Gasteiger partial charge on any atom is -0.493 e. The van der Waals surface area contributed by atoms with Gasteiger partial charge >= 0.3 is 5.97 Å². The second kappa shape index (κ2) is 8.53.